The average Bonchev–Trinajstić information content (AvgIpc) is 2.98. The molecule has 2 heterocycles. The normalized spacial score (nSPS) is 17.3. The van der Waals surface area contributed by atoms with Crippen LogP contribution in [0, 0.1) is 6.92 Å². The zero-order chi connectivity index (χ0) is 16.2. The van der Waals surface area contributed by atoms with Crippen LogP contribution in [0.4, 0.5) is 0 Å². The highest BCUT2D eigenvalue weighted by Crippen LogP contribution is 2.19. The van der Waals surface area contributed by atoms with Gasteiger partial charge < -0.3 is 9.64 Å². The van der Waals surface area contributed by atoms with Crippen molar-refractivity contribution in [1.29, 1.82) is 0 Å². The van der Waals surface area contributed by atoms with E-state index in [1.807, 2.05) is 42.2 Å². The van der Waals surface area contributed by atoms with Crippen LogP contribution in [0.1, 0.15) is 17.5 Å². The predicted molar refractivity (Wildman–Crippen MR) is 92.4 cm³/mol. The highest BCUT2D eigenvalue weighted by atomic mass is 79.9. The van der Waals surface area contributed by atoms with E-state index in [2.05, 4.69) is 27.0 Å². The van der Waals surface area contributed by atoms with Gasteiger partial charge in [-0.25, -0.2) is 4.98 Å². The topological polar surface area (TPSA) is 42.4 Å². The number of hydrogen-bond donors (Lipinski definition) is 0. The number of hydrogen-bond acceptors (Lipinski definition) is 3. The van der Waals surface area contributed by atoms with Gasteiger partial charge in [-0.05, 0) is 34.5 Å². The van der Waals surface area contributed by atoms with Gasteiger partial charge in [0.2, 0.25) is 11.8 Å². The number of rotatable bonds is 4. The number of aryl methyl sites for hydroxylation is 1. The summed E-state index contributed by atoms with van der Waals surface area (Å²) in [6.45, 7) is 3.41. The largest absolute Gasteiger partial charge is 0.472 e. The fraction of sp³-hybridized carbons (Fsp3) is 0.333. The van der Waals surface area contributed by atoms with Crippen LogP contribution in [0.3, 0.4) is 0 Å². The number of carbonyl (C=O) groups is 1. The van der Waals surface area contributed by atoms with E-state index < -0.39 is 0 Å². The molecule has 0 aliphatic carbocycles. The lowest BCUT2D eigenvalue weighted by Gasteiger charge is -2.17. The summed E-state index contributed by atoms with van der Waals surface area (Å²) in [5.74, 6) is 0.761. The molecular formula is C18H19BrN2O2. The Morgan fingerprint density at radius 2 is 2.26 bits per heavy atom. The summed E-state index contributed by atoms with van der Waals surface area (Å²) in [4.78, 5) is 18.5. The Balaban J connectivity index is 1.54. The summed E-state index contributed by atoms with van der Waals surface area (Å²) < 4.78 is 6.78. The van der Waals surface area contributed by atoms with Gasteiger partial charge in [0.1, 0.15) is 6.10 Å². The lowest BCUT2D eigenvalue weighted by atomic mass is 10.1. The molecule has 1 aromatic carbocycles. The lowest BCUT2D eigenvalue weighted by Crippen LogP contribution is -2.32. The van der Waals surface area contributed by atoms with Crippen LogP contribution in [0.15, 0.2) is 47.1 Å². The Hall–Kier alpha value is -1.88. The van der Waals surface area contributed by atoms with E-state index in [0.717, 1.165) is 23.0 Å². The van der Waals surface area contributed by atoms with Crippen LogP contribution in [0.5, 0.6) is 5.88 Å². The van der Waals surface area contributed by atoms with Gasteiger partial charge >= 0.3 is 0 Å². The summed E-state index contributed by atoms with van der Waals surface area (Å²) in [5.41, 5.74) is 2.24. The van der Waals surface area contributed by atoms with Crippen molar-refractivity contribution in [2.24, 2.45) is 0 Å². The van der Waals surface area contributed by atoms with Gasteiger partial charge in [-0.2, -0.15) is 0 Å². The molecule has 4 nitrogen and oxygen atoms in total. The zero-order valence-electron chi connectivity index (χ0n) is 13.0. The molecule has 1 aromatic heterocycles. The monoisotopic (exact) mass is 374 g/mol. The molecule has 0 bridgehead atoms. The van der Waals surface area contributed by atoms with Gasteiger partial charge in [0.05, 0.1) is 13.0 Å². The van der Waals surface area contributed by atoms with Crippen molar-refractivity contribution in [3.8, 4) is 5.88 Å². The van der Waals surface area contributed by atoms with Gasteiger partial charge in [0, 0.05) is 29.7 Å². The highest BCUT2D eigenvalue weighted by Gasteiger charge is 2.27. The summed E-state index contributed by atoms with van der Waals surface area (Å²) in [6, 6.07) is 11.8. The van der Waals surface area contributed by atoms with Crippen molar-refractivity contribution < 1.29 is 9.53 Å². The third-order valence-electron chi connectivity index (χ3n) is 3.92. The number of carbonyl (C=O) groups excluding carboxylic acids is 1. The minimum Gasteiger partial charge on any atom is -0.472 e. The van der Waals surface area contributed by atoms with Crippen LogP contribution < -0.4 is 4.74 Å². The number of nitrogens with zero attached hydrogens (tertiary/aromatic N) is 2. The van der Waals surface area contributed by atoms with Gasteiger partial charge in [0.25, 0.3) is 0 Å². The fourth-order valence-electron chi connectivity index (χ4n) is 2.76. The molecule has 5 heteroatoms. The second-order valence-corrected chi connectivity index (χ2v) is 6.76. The Labute approximate surface area is 144 Å². The Bertz CT molecular complexity index is 688. The molecule has 0 saturated carbocycles. The van der Waals surface area contributed by atoms with Gasteiger partial charge in [-0.1, -0.05) is 29.8 Å². The molecule has 1 unspecified atom stereocenters. The maximum absolute atomic E-state index is 12.4. The van der Waals surface area contributed by atoms with E-state index in [-0.39, 0.29) is 12.0 Å². The smallest absolute Gasteiger partial charge is 0.227 e. The number of ether oxygens (including phenoxy) is 1. The van der Waals surface area contributed by atoms with Crippen molar-refractivity contribution in [3.05, 3.63) is 58.2 Å². The molecule has 0 spiro atoms. The van der Waals surface area contributed by atoms with Gasteiger partial charge in [-0.15, -0.1) is 0 Å². The SMILES string of the molecule is Cc1cccc(CC(=O)N2CCC(Oc3ccc(Br)cn3)C2)c1. The van der Waals surface area contributed by atoms with E-state index in [9.17, 15) is 4.79 Å². The molecule has 23 heavy (non-hydrogen) atoms. The van der Waals surface area contributed by atoms with Gasteiger partial charge in [0.15, 0.2) is 0 Å². The number of pyridine rings is 1. The first-order valence-corrected chi connectivity index (χ1v) is 8.51. The van der Waals surface area contributed by atoms with Crippen LogP contribution in [-0.4, -0.2) is 35.0 Å². The number of halogens is 1. The quantitative estimate of drug-likeness (QED) is 0.823. The van der Waals surface area contributed by atoms with E-state index >= 15 is 0 Å². The molecule has 1 amide bonds. The molecule has 120 valence electrons. The molecular weight excluding hydrogens is 356 g/mol. The third kappa shape index (κ3) is 4.32. The maximum Gasteiger partial charge on any atom is 0.227 e. The number of benzene rings is 1. The number of likely N-dealkylation sites (tertiary alicyclic amines) is 1. The van der Waals surface area contributed by atoms with Crippen LogP contribution in [0.25, 0.3) is 0 Å². The molecule has 1 aliphatic heterocycles. The Morgan fingerprint density at radius 1 is 1.39 bits per heavy atom. The Morgan fingerprint density at radius 3 is 3.00 bits per heavy atom. The molecule has 0 radical (unpaired) electrons. The number of aromatic nitrogens is 1. The van der Waals surface area contributed by atoms with Crippen molar-refractivity contribution in [2.75, 3.05) is 13.1 Å². The maximum atomic E-state index is 12.4. The summed E-state index contributed by atoms with van der Waals surface area (Å²) in [5, 5.41) is 0. The van der Waals surface area contributed by atoms with Crippen LogP contribution >= 0.6 is 15.9 Å². The van der Waals surface area contributed by atoms with E-state index in [1.54, 1.807) is 6.20 Å². The minimum atomic E-state index is 0.0186. The molecule has 1 saturated heterocycles. The fourth-order valence-corrected chi connectivity index (χ4v) is 3.00. The Kier molecular flexibility index (Phi) is 4.96. The first-order chi connectivity index (χ1) is 11.1. The predicted octanol–water partition coefficient (Wildman–Crippen LogP) is 3.37. The second-order valence-electron chi connectivity index (χ2n) is 5.85. The first-order valence-electron chi connectivity index (χ1n) is 7.72. The summed E-state index contributed by atoms with van der Waals surface area (Å²) in [6.07, 6.45) is 3.03. The molecule has 1 atom stereocenters. The first kappa shape index (κ1) is 16.0. The number of amides is 1. The molecule has 0 N–H and O–H groups in total. The van der Waals surface area contributed by atoms with Crippen molar-refractivity contribution in [1.82, 2.24) is 9.88 Å². The molecule has 3 rings (SSSR count). The van der Waals surface area contributed by atoms with E-state index in [1.165, 1.54) is 5.56 Å². The molecule has 1 fully saturated rings. The van der Waals surface area contributed by atoms with Crippen LogP contribution in [0.2, 0.25) is 0 Å². The lowest BCUT2D eigenvalue weighted by molar-refractivity contribution is -0.129. The highest BCUT2D eigenvalue weighted by molar-refractivity contribution is 9.10. The van der Waals surface area contributed by atoms with Crippen LogP contribution in [-0.2, 0) is 11.2 Å². The van der Waals surface area contributed by atoms with Gasteiger partial charge in [-0.3, -0.25) is 4.79 Å². The third-order valence-corrected chi connectivity index (χ3v) is 4.39. The second kappa shape index (κ2) is 7.13. The summed E-state index contributed by atoms with van der Waals surface area (Å²) in [7, 11) is 0. The standard InChI is InChI=1S/C18H19BrN2O2/c1-13-3-2-4-14(9-13)10-18(22)21-8-7-16(12-21)23-17-6-5-15(19)11-20-17/h2-6,9,11,16H,7-8,10,12H2,1H3. The van der Waals surface area contributed by atoms with E-state index in [0.29, 0.717) is 18.8 Å². The minimum absolute atomic E-state index is 0.0186. The molecule has 1 aliphatic rings. The average molecular weight is 375 g/mol. The molecule has 2 aromatic rings. The van der Waals surface area contributed by atoms with Crippen molar-refractivity contribution >= 4 is 21.8 Å². The summed E-state index contributed by atoms with van der Waals surface area (Å²) >= 11 is 3.35. The van der Waals surface area contributed by atoms with Crippen molar-refractivity contribution in [2.45, 2.75) is 25.9 Å². The zero-order valence-corrected chi connectivity index (χ0v) is 14.6. The van der Waals surface area contributed by atoms with E-state index in [4.69, 9.17) is 4.74 Å². The van der Waals surface area contributed by atoms with Crippen molar-refractivity contribution in [3.63, 3.8) is 0 Å².